The minimum atomic E-state index is 0.464. The first-order valence-electron chi connectivity index (χ1n) is 6.97. The zero-order valence-corrected chi connectivity index (χ0v) is 12.9. The Bertz CT molecular complexity index is 619. The smallest absolute Gasteiger partial charge is 0.224 e. The van der Waals surface area contributed by atoms with E-state index in [1.165, 1.54) is 0 Å². The summed E-state index contributed by atoms with van der Waals surface area (Å²) in [4.78, 5) is 8.67. The molecule has 0 radical (unpaired) electrons. The van der Waals surface area contributed by atoms with Gasteiger partial charge >= 0.3 is 0 Å². The summed E-state index contributed by atoms with van der Waals surface area (Å²) in [7, 11) is 0. The number of hydrogen-bond acceptors (Lipinski definition) is 5. The van der Waals surface area contributed by atoms with Crippen LogP contribution in [0.25, 0.3) is 0 Å². The number of nitrogen functional groups attached to an aromatic ring is 1. The molecule has 0 amide bonds. The van der Waals surface area contributed by atoms with Crippen molar-refractivity contribution in [1.29, 1.82) is 0 Å². The van der Waals surface area contributed by atoms with Crippen LogP contribution in [0.4, 0.5) is 5.82 Å². The van der Waals surface area contributed by atoms with Gasteiger partial charge in [-0.05, 0) is 36.6 Å². The normalized spacial score (nSPS) is 10.5. The highest BCUT2D eigenvalue weighted by Crippen LogP contribution is 2.26. The SMILES string of the molecule is CCCc1nc(NN)cc(Oc2ccc(Cl)c(CC)c2)n1. The maximum atomic E-state index is 6.11. The van der Waals surface area contributed by atoms with Crippen LogP contribution in [-0.4, -0.2) is 9.97 Å². The van der Waals surface area contributed by atoms with Gasteiger partial charge in [-0.25, -0.2) is 10.8 Å². The first kappa shape index (κ1) is 15.5. The van der Waals surface area contributed by atoms with Crippen molar-refractivity contribution < 1.29 is 4.74 Å². The molecule has 21 heavy (non-hydrogen) atoms. The summed E-state index contributed by atoms with van der Waals surface area (Å²) >= 11 is 6.11. The monoisotopic (exact) mass is 306 g/mol. The summed E-state index contributed by atoms with van der Waals surface area (Å²) in [5.41, 5.74) is 3.57. The number of halogens is 1. The van der Waals surface area contributed by atoms with Crippen LogP contribution in [0.2, 0.25) is 5.02 Å². The van der Waals surface area contributed by atoms with Crippen molar-refractivity contribution >= 4 is 17.4 Å². The minimum absolute atomic E-state index is 0.464. The van der Waals surface area contributed by atoms with Crippen LogP contribution < -0.4 is 16.0 Å². The van der Waals surface area contributed by atoms with Crippen molar-refractivity contribution in [2.75, 3.05) is 5.43 Å². The second kappa shape index (κ2) is 7.24. The van der Waals surface area contributed by atoms with Gasteiger partial charge in [-0.3, -0.25) is 0 Å². The molecule has 1 aromatic carbocycles. The molecule has 0 fully saturated rings. The molecule has 0 aliphatic rings. The molecule has 3 N–H and O–H groups in total. The van der Waals surface area contributed by atoms with Crippen molar-refractivity contribution in [3.05, 3.63) is 40.7 Å². The van der Waals surface area contributed by atoms with Gasteiger partial charge in [-0.1, -0.05) is 25.4 Å². The van der Waals surface area contributed by atoms with Gasteiger partial charge in [-0.2, -0.15) is 4.98 Å². The predicted octanol–water partition coefficient (Wildman–Crippen LogP) is 3.72. The molecule has 0 saturated carbocycles. The molecule has 6 heteroatoms. The molecule has 0 spiro atoms. The molecule has 0 bridgehead atoms. The van der Waals surface area contributed by atoms with E-state index in [-0.39, 0.29) is 0 Å². The Morgan fingerprint density at radius 2 is 2.05 bits per heavy atom. The fourth-order valence-corrected chi connectivity index (χ4v) is 2.19. The lowest BCUT2D eigenvalue weighted by Gasteiger charge is -2.10. The fourth-order valence-electron chi connectivity index (χ4n) is 1.94. The van der Waals surface area contributed by atoms with Crippen LogP contribution in [0.3, 0.4) is 0 Å². The van der Waals surface area contributed by atoms with Crippen LogP contribution in [0, 0.1) is 0 Å². The Morgan fingerprint density at radius 1 is 1.24 bits per heavy atom. The van der Waals surface area contributed by atoms with Gasteiger partial charge in [-0.15, -0.1) is 0 Å². The number of nitrogens with one attached hydrogen (secondary N) is 1. The third kappa shape index (κ3) is 4.06. The van der Waals surface area contributed by atoms with E-state index < -0.39 is 0 Å². The zero-order valence-electron chi connectivity index (χ0n) is 12.2. The first-order chi connectivity index (χ1) is 10.2. The van der Waals surface area contributed by atoms with Gasteiger partial charge in [0.25, 0.3) is 0 Å². The number of aromatic nitrogens is 2. The number of nitrogens with zero attached hydrogens (tertiary/aromatic N) is 2. The van der Waals surface area contributed by atoms with Crippen LogP contribution >= 0.6 is 11.6 Å². The maximum Gasteiger partial charge on any atom is 0.224 e. The van der Waals surface area contributed by atoms with E-state index in [0.29, 0.717) is 23.3 Å². The number of aryl methyl sites for hydroxylation is 2. The first-order valence-corrected chi connectivity index (χ1v) is 7.35. The van der Waals surface area contributed by atoms with Gasteiger partial charge in [0.1, 0.15) is 17.4 Å². The van der Waals surface area contributed by atoms with Crippen molar-refractivity contribution in [2.45, 2.75) is 33.1 Å². The lowest BCUT2D eigenvalue weighted by Crippen LogP contribution is -2.10. The highest BCUT2D eigenvalue weighted by molar-refractivity contribution is 6.31. The highest BCUT2D eigenvalue weighted by Gasteiger charge is 2.07. The molecule has 0 aliphatic carbocycles. The Hall–Kier alpha value is -1.85. The van der Waals surface area contributed by atoms with E-state index in [9.17, 15) is 0 Å². The summed E-state index contributed by atoms with van der Waals surface area (Å²) in [5, 5.41) is 0.739. The lowest BCUT2D eigenvalue weighted by atomic mass is 10.1. The molecule has 2 aromatic rings. The summed E-state index contributed by atoms with van der Waals surface area (Å²) in [6.07, 6.45) is 2.57. The fraction of sp³-hybridized carbons (Fsp3) is 0.333. The topological polar surface area (TPSA) is 73.1 Å². The average Bonchev–Trinajstić information content (AvgIpc) is 2.49. The van der Waals surface area contributed by atoms with Crippen LogP contribution in [0.15, 0.2) is 24.3 Å². The van der Waals surface area contributed by atoms with Crippen LogP contribution in [-0.2, 0) is 12.8 Å². The van der Waals surface area contributed by atoms with Gasteiger partial charge in [0.15, 0.2) is 0 Å². The molecule has 5 nitrogen and oxygen atoms in total. The van der Waals surface area contributed by atoms with Crippen molar-refractivity contribution in [1.82, 2.24) is 9.97 Å². The van der Waals surface area contributed by atoms with E-state index in [0.717, 1.165) is 29.8 Å². The van der Waals surface area contributed by atoms with Gasteiger partial charge in [0, 0.05) is 17.5 Å². The standard InChI is InChI=1S/C15H19ClN4O/c1-3-5-13-18-14(20-17)9-15(19-13)21-11-6-7-12(16)10(4-2)8-11/h6-9H,3-5,17H2,1-2H3,(H,18,19,20). The zero-order chi connectivity index (χ0) is 15.2. The van der Waals surface area contributed by atoms with Gasteiger partial charge in [0.2, 0.25) is 5.88 Å². The van der Waals surface area contributed by atoms with E-state index in [1.807, 2.05) is 25.1 Å². The summed E-state index contributed by atoms with van der Waals surface area (Å²) in [6.45, 7) is 4.12. The number of anilines is 1. The third-order valence-electron chi connectivity index (χ3n) is 2.99. The van der Waals surface area contributed by atoms with E-state index in [1.54, 1.807) is 6.07 Å². The van der Waals surface area contributed by atoms with E-state index >= 15 is 0 Å². The molecule has 0 aliphatic heterocycles. The Balaban J connectivity index is 2.27. The number of nitrogens with two attached hydrogens (primary N) is 1. The van der Waals surface area contributed by atoms with Crippen LogP contribution in [0.5, 0.6) is 11.6 Å². The lowest BCUT2D eigenvalue weighted by molar-refractivity contribution is 0.458. The Morgan fingerprint density at radius 3 is 2.71 bits per heavy atom. The number of rotatable bonds is 6. The van der Waals surface area contributed by atoms with Crippen molar-refractivity contribution in [2.24, 2.45) is 5.84 Å². The van der Waals surface area contributed by atoms with Gasteiger partial charge in [0.05, 0.1) is 0 Å². The summed E-state index contributed by atoms with van der Waals surface area (Å²) in [5.74, 6) is 7.82. The van der Waals surface area contributed by atoms with Crippen LogP contribution in [0.1, 0.15) is 31.7 Å². The molecule has 2 rings (SSSR count). The summed E-state index contributed by atoms with van der Waals surface area (Å²) < 4.78 is 5.80. The van der Waals surface area contributed by atoms with Gasteiger partial charge < -0.3 is 10.2 Å². The summed E-state index contributed by atoms with van der Waals surface area (Å²) in [6, 6.07) is 7.23. The number of hydrogen-bond donors (Lipinski definition) is 2. The van der Waals surface area contributed by atoms with Crippen molar-refractivity contribution in [3.8, 4) is 11.6 Å². The third-order valence-corrected chi connectivity index (χ3v) is 3.36. The Labute approximate surface area is 129 Å². The quantitative estimate of drug-likeness (QED) is 0.628. The second-order valence-electron chi connectivity index (χ2n) is 4.61. The number of benzene rings is 1. The van der Waals surface area contributed by atoms with Crippen molar-refractivity contribution in [3.63, 3.8) is 0 Å². The average molecular weight is 307 g/mol. The van der Waals surface area contributed by atoms with E-state index in [4.69, 9.17) is 22.2 Å². The molecule has 112 valence electrons. The maximum absolute atomic E-state index is 6.11. The molecular formula is C15H19ClN4O. The number of ether oxygens (including phenoxy) is 1. The highest BCUT2D eigenvalue weighted by atomic mass is 35.5. The second-order valence-corrected chi connectivity index (χ2v) is 5.02. The number of hydrazine groups is 1. The molecule has 1 aromatic heterocycles. The van der Waals surface area contributed by atoms with E-state index in [2.05, 4.69) is 22.3 Å². The molecule has 0 atom stereocenters. The predicted molar refractivity (Wildman–Crippen MR) is 84.7 cm³/mol. The minimum Gasteiger partial charge on any atom is -0.439 e. The Kier molecular flexibility index (Phi) is 5.36. The molecule has 0 unspecified atom stereocenters. The molecular weight excluding hydrogens is 288 g/mol. The molecule has 1 heterocycles. The molecule has 0 saturated heterocycles. The largest absolute Gasteiger partial charge is 0.439 e.